The van der Waals surface area contributed by atoms with Crippen LogP contribution in [-0.2, 0) is 16.6 Å². The van der Waals surface area contributed by atoms with Gasteiger partial charge in [0.25, 0.3) is 5.56 Å². The number of aromatic amines is 1. The molecule has 2 heterocycles. The van der Waals surface area contributed by atoms with Crippen molar-refractivity contribution in [3.05, 3.63) is 70.5 Å². The fourth-order valence-electron chi connectivity index (χ4n) is 2.68. The highest BCUT2D eigenvalue weighted by Crippen LogP contribution is 2.28. The molecule has 7 nitrogen and oxygen atoms in total. The number of aromatic nitrogens is 2. The zero-order valence-electron chi connectivity index (χ0n) is 15.5. The molecule has 0 aliphatic heterocycles. The molecule has 2 N–H and O–H groups in total. The van der Waals surface area contributed by atoms with Gasteiger partial charge >= 0.3 is 0 Å². The highest BCUT2D eigenvalue weighted by Gasteiger charge is 2.17. The molecule has 0 saturated carbocycles. The highest BCUT2D eigenvalue weighted by molar-refractivity contribution is 7.91. The minimum Gasteiger partial charge on any atom is -0.302 e. The van der Waals surface area contributed by atoms with Crippen LogP contribution in [0.25, 0.3) is 10.6 Å². The minimum absolute atomic E-state index is 0.230. The summed E-state index contributed by atoms with van der Waals surface area (Å²) in [6.45, 7) is 1.98. The summed E-state index contributed by atoms with van der Waals surface area (Å²) in [6, 6.07) is 16.3. The van der Waals surface area contributed by atoms with Crippen LogP contribution >= 0.6 is 11.3 Å². The number of benzene rings is 1. The summed E-state index contributed by atoms with van der Waals surface area (Å²) in [7, 11) is -1.54. The largest absolute Gasteiger partial charge is 0.302 e. The van der Waals surface area contributed by atoms with Crippen molar-refractivity contribution in [1.82, 2.24) is 19.8 Å². The number of thiophene rings is 1. The molecule has 0 aliphatic carbocycles. The van der Waals surface area contributed by atoms with Crippen LogP contribution in [0.3, 0.4) is 0 Å². The van der Waals surface area contributed by atoms with Crippen molar-refractivity contribution in [1.29, 1.82) is 0 Å². The summed E-state index contributed by atoms with van der Waals surface area (Å²) in [6.07, 6.45) is 0.711. The first-order valence-electron chi connectivity index (χ1n) is 8.82. The lowest BCUT2D eigenvalue weighted by atomic mass is 10.2. The third-order valence-electron chi connectivity index (χ3n) is 4.08. The van der Waals surface area contributed by atoms with Crippen molar-refractivity contribution < 1.29 is 8.42 Å². The Morgan fingerprint density at radius 1 is 1.11 bits per heavy atom. The van der Waals surface area contributed by atoms with E-state index >= 15 is 0 Å². The van der Waals surface area contributed by atoms with Crippen LogP contribution in [0.15, 0.2) is 63.6 Å². The van der Waals surface area contributed by atoms with Crippen LogP contribution < -0.4 is 10.3 Å². The number of H-pyrrole nitrogens is 1. The van der Waals surface area contributed by atoms with E-state index in [9.17, 15) is 13.2 Å². The molecular weight excluding hydrogens is 396 g/mol. The average Bonchev–Trinajstić information content (AvgIpc) is 3.18. The van der Waals surface area contributed by atoms with Gasteiger partial charge in [0.1, 0.15) is 9.90 Å². The predicted molar refractivity (Wildman–Crippen MR) is 111 cm³/mol. The van der Waals surface area contributed by atoms with E-state index in [0.29, 0.717) is 23.5 Å². The van der Waals surface area contributed by atoms with Crippen molar-refractivity contribution in [3.63, 3.8) is 0 Å². The molecule has 0 radical (unpaired) electrons. The molecule has 0 amide bonds. The Hall–Kier alpha value is -2.33. The van der Waals surface area contributed by atoms with Gasteiger partial charge in [-0.2, -0.15) is 5.10 Å². The van der Waals surface area contributed by atoms with E-state index in [2.05, 4.69) is 32.0 Å². The number of rotatable bonds is 9. The molecule has 2 aromatic heterocycles. The Bertz CT molecular complexity index is 1040. The lowest BCUT2D eigenvalue weighted by Gasteiger charge is -2.16. The fourth-order valence-corrected chi connectivity index (χ4v) is 5.08. The molecular formula is C19H22N4O3S2. The highest BCUT2D eigenvalue weighted by atomic mass is 32.2. The SMILES string of the molecule is CN(CCCNS(=O)(=O)c1ccc(-c2ccc(=O)[nH]n2)s1)Cc1ccccc1. The lowest BCUT2D eigenvalue weighted by molar-refractivity contribution is 0.322. The zero-order chi connectivity index (χ0) is 20.0. The summed E-state index contributed by atoms with van der Waals surface area (Å²) < 4.78 is 27.8. The molecule has 0 bridgehead atoms. The molecule has 9 heteroatoms. The Morgan fingerprint density at radius 3 is 2.61 bits per heavy atom. The average molecular weight is 419 g/mol. The van der Waals surface area contributed by atoms with Crippen LogP contribution in [-0.4, -0.2) is 43.7 Å². The number of nitrogens with zero attached hydrogens (tertiary/aromatic N) is 2. The second-order valence-corrected chi connectivity index (χ2v) is 9.48. The van der Waals surface area contributed by atoms with Crippen molar-refractivity contribution in [2.75, 3.05) is 20.1 Å². The van der Waals surface area contributed by atoms with Gasteiger partial charge in [-0.25, -0.2) is 18.2 Å². The van der Waals surface area contributed by atoms with Crippen LogP contribution in [0.2, 0.25) is 0 Å². The van der Waals surface area contributed by atoms with Gasteiger partial charge < -0.3 is 4.90 Å². The zero-order valence-corrected chi connectivity index (χ0v) is 17.1. The van der Waals surface area contributed by atoms with Crippen LogP contribution in [0.5, 0.6) is 0 Å². The topological polar surface area (TPSA) is 95.2 Å². The Kier molecular flexibility index (Phi) is 6.74. The first-order valence-corrected chi connectivity index (χ1v) is 11.1. The third kappa shape index (κ3) is 5.59. The number of sulfonamides is 1. The van der Waals surface area contributed by atoms with Crippen molar-refractivity contribution >= 4 is 21.4 Å². The maximum Gasteiger partial charge on any atom is 0.264 e. The van der Waals surface area contributed by atoms with E-state index in [1.807, 2.05) is 25.2 Å². The standard InChI is InChI=1S/C19H22N4O3S2/c1-23(14-15-6-3-2-4-7-15)13-5-12-20-28(25,26)19-11-9-17(27-19)16-8-10-18(24)22-21-16/h2-4,6-11,20H,5,12-14H2,1H3,(H,22,24). The van der Waals surface area contributed by atoms with E-state index in [0.717, 1.165) is 24.4 Å². The summed E-state index contributed by atoms with van der Waals surface area (Å²) in [5.41, 5.74) is 1.47. The summed E-state index contributed by atoms with van der Waals surface area (Å²) in [5, 5.41) is 6.27. The van der Waals surface area contributed by atoms with E-state index in [4.69, 9.17) is 0 Å². The maximum atomic E-state index is 12.5. The first-order chi connectivity index (χ1) is 13.4. The molecule has 1 aromatic carbocycles. The monoisotopic (exact) mass is 418 g/mol. The van der Waals surface area contributed by atoms with Crippen molar-refractivity contribution in [2.45, 2.75) is 17.2 Å². The van der Waals surface area contributed by atoms with Gasteiger partial charge in [0.2, 0.25) is 10.0 Å². The molecule has 0 unspecified atom stereocenters. The molecule has 3 rings (SSSR count). The second-order valence-electron chi connectivity index (χ2n) is 6.40. The van der Waals surface area contributed by atoms with Gasteiger partial charge in [-0.3, -0.25) is 4.79 Å². The molecule has 0 atom stereocenters. The number of nitrogens with one attached hydrogen (secondary N) is 2. The number of hydrogen-bond acceptors (Lipinski definition) is 6. The molecule has 0 saturated heterocycles. The van der Waals surface area contributed by atoms with E-state index in [-0.39, 0.29) is 9.77 Å². The first kappa shape index (κ1) is 20.4. The predicted octanol–water partition coefficient (Wildman–Crippen LogP) is 2.30. The Morgan fingerprint density at radius 2 is 1.89 bits per heavy atom. The van der Waals surface area contributed by atoms with Gasteiger partial charge in [-0.1, -0.05) is 30.3 Å². The Balaban J connectivity index is 1.50. The molecule has 148 valence electrons. The Labute approximate surface area is 168 Å². The molecule has 0 aliphatic rings. The van der Waals surface area contributed by atoms with Crippen LogP contribution in [0.4, 0.5) is 0 Å². The van der Waals surface area contributed by atoms with Gasteiger partial charge in [0.15, 0.2) is 0 Å². The number of hydrogen-bond donors (Lipinski definition) is 2. The second kappa shape index (κ2) is 9.24. The summed E-state index contributed by atoms with van der Waals surface area (Å²) >= 11 is 1.12. The smallest absolute Gasteiger partial charge is 0.264 e. The van der Waals surface area contributed by atoms with Gasteiger partial charge in [-0.05, 0) is 43.8 Å². The molecule has 3 aromatic rings. The van der Waals surface area contributed by atoms with Crippen molar-refractivity contribution in [2.24, 2.45) is 0 Å². The molecule has 0 fully saturated rings. The quantitative estimate of drug-likeness (QED) is 0.520. The molecule has 28 heavy (non-hydrogen) atoms. The maximum absolute atomic E-state index is 12.5. The summed E-state index contributed by atoms with van der Waals surface area (Å²) in [5.74, 6) is 0. The van der Waals surface area contributed by atoms with Gasteiger partial charge in [-0.15, -0.1) is 11.3 Å². The van der Waals surface area contributed by atoms with Gasteiger partial charge in [0.05, 0.1) is 4.88 Å². The minimum atomic E-state index is -3.56. The fraction of sp³-hybridized carbons (Fsp3) is 0.263. The van der Waals surface area contributed by atoms with Crippen LogP contribution in [0.1, 0.15) is 12.0 Å². The normalized spacial score (nSPS) is 11.8. The lowest BCUT2D eigenvalue weighted by Crippen LogP contribution is -2.27. The van der Waals surface area contributed by atoms with E-state index in [1.165, 1.54) is 11.6 Å². The van der Waals surface area contributed by atoms with E-state index in [1.54, 1.807) is 18.2 Å². The van der Waals surface area contributed by atoms with E-state index < -0.39 is 10.0 Å². The van der Waals surface area contributed by atoms with Gasteiger partial charge in [0, 0.05) is 19.2 Å². The molecule has 0 spiro atoms. The van der Waals surface area contributed by atoms with Crippen LogP contribution in [0, 0.1) is 0 Å². The third-order valence-corrected chi connectivity index (χ3v) is 7.14. The van der Waals surface area contributed by atoms with Crippen molar-refractivity contribution in [3.8, 4) is 10.6 Å². The summed E-state index contributed by atoms with van der Waals surface area (Å²) in [4.78, 5) is 13.9.